The summed E-state index contributed by atoms with van der Waals surface area (Å²) >= 11 is 0. The van der Waals surface area contributed by atoms with Crippen molar-refractivity contribution in [2.75, 3.05) is 13.6 Å². The predicted octanol–water partition coefficient (Wildman–Crippen LogP) is 2.94. The average molecular weight is 351 g/mol. The molecule has 0 saturated carbocycles. The Kier molecular flexibility index (Phi) is 5.43. The number of fused-ring (bicyclic) bond motifs is 1. The number of nitrogens with one attached hydrogen (secondary N) is 2. The van der Waals surface area contributed by atoms with Gasteiger partial charge in [-0.15, -0.1) is 0 Å². The molecule has 0 spiro atoms. The maximum atomic E-state index is 12.4. The molecule has 0 bridgehead atoms. The standard InChI is InChI=1S/C22H26N2O2/c1-15-9-10-19(16(2)11-15)13-24(4)14-22(25)23-17(3)21-12-18-7-5-6-8-20(18)26-21/h5-12,17H,13-14H2,1-4H3,(H,23,25)/p+1/t17-/m1/s1. The summed E-state index contributed by atoms with van der Waals surface area (Å²) in [6.45, 7) is 7.44. The lowest BCUT2D eigenvalue weighted by Crippen LogP contribution is -3.09. The molecule has 1 unspecified atom stereocenters. The number of hydrogen-bond acceptors (Lipinski definition) is 2. The van der Waals surface area contributed by atoms with E-state index < -0.39 is 0 Å². The van der Waals surface area contributed by atoms with Gasteiger partial charge in [-0.05, 0) is 38.5 Å². The van der Waals surface area contributed by atoms with Gasteiger partial charge >= 0.3 is 0 Å². The highest BCUT2D eigenvalue weighted by Gasteiger charge is 2.17. The van der Waals surface area contributed by atoms with Crippen LogP contribution in [0.1, 0.15) is 35.4 Å². The van der Waals surface area contributed by atoms with Crippen molar-refractivity contribution < 1.29 is 14.1 Å². The number of quaternary nitrogens is 1. The molecule has 2 aromatic carbocycles. The summed E-state index contributed by atoms with van der Waals surface area (Å²) in [6.07, 6.45) is 0. The van der Waals surface area contributed by atoms with E-state index in [9.17, 15) is 4.79 Å². The summed E-state index contributed by atoms with van der Waals surface area (Å²) < 4.78 is 5.84. The fraction of sp³-hybridized carbons (Fsp3) is 0.318. The number of rotatable bonds is 6. The van der Waals surface area contributed by atoms with Crippen LogP contribution in [-0.2, 0) is 11.3 Å². The summed E-state index contributed by atoms with van der Waals surface area (Å²) in [4.78, 5) is 13.6. The number of carbonyl (C=O) groups excluding carboxylic acids is 1. The third-order valence-corrected chi connectivity index (χ3v) is 4.70. The molecule has 26 heavy (non-hydrogen) atoms. The summed E-state index contributed by atoms with van der Waals surface area (Å²) in [5.41, 5.74) is 4.68. The van der Waals surface area contributed by atoms with E-state index in [1.165, 1.54) is 16.7 Å². The Hall–Kier alpha value is -2.59. The minimum Gasteiger partial charge on any atom is -0.459 e. The molecule has 3 rings (SSSR count). The van der Waals surface area contributed by atoms with Crippen molar-refractivity contribution in [1.82, 2.24) is 5.32 Å². The molecule has 0 fully saturated rings. The molecule has 3 aromatic rings. The van der Waals surface area contributed by atoms with E-state index >= 15 is 0 Å². The van der Waals surface area contributed by atoms with Crippen LogP contribution in [0.25, 0.3) is 11.0 Å². The molecule has 1 aromatic heterocycles. The third-order valence-electron chi connectivity index (χ3n) is 4.70. The van der Waals surface area contributed by atoms with Crippen molar-refractivity contribution >= 4 is 16.9 Å². The Morgan fingerprint density at radius 1 is 1.15 bits per heavy atom. The normalized spacial score (nSPS) is 13.5. The molecule has 0 aliphatic rings. The van der Waals surface area contributed by atoms with Crippen LogP contribution in [0.3, 0.4) is 0 Å². The summed E-state index contributed by atoms with van der Waals surface area (Å²) in [6, 6.07) is 16.2. The van der Waals surface area contributed by atoms with Crippen LogP contribution in [0.15, 0.2) is 52.9 Å². The first-order chi connectivity index (χ1) is 12.4. The summed E-state index contributed by atoms with van der Waals surface area (Å²) in [5, 5.41) is 4.10. The molecule has 2 N–H and O–H groups in total. The van der Waals surface area contributed by atoms with Crippen LogP contribution in [0.5, 0.6) is 0 Å². The topological polar surface area (TPSA) is 46.7 Å². The van der Waals surface area contributed by atoms with Crippen LogP contribution in [0.2, 0.25) is 0 Å². The maximum Gasteiger partial charge on any atom is 0.275 e. The van der Waals surface area contributed by atoms with Gasteiger partial charge in [0.15, 0.2) is 6.54 Å². The highest BCUT2D eigenvalue weighted by Crippen LogP contribution is 2.23. The zero-order valence-electron chi connectivity index (χ0n) is 15.9. The van der Waals surface area contributed by atoms with Gasteiger partial charge in [0, 0.05) is 10.9 Å². The number of aryl methyl sites for hydroxylation is 2. The number of hydrogen-bond donors (Lipinski definition) is 2. The van der Waals surface area contributed by atoms with E-state index in [1.54, 1.807) is 0 Å². The fourth-order valence-corrected chi connectivity index (χ4v) is 3.29. The maximum absolute atomic E-state index is 12.4. The van der Waals surface area contributed by atoms with Gasteiger partial charge in [-0.25, -0.2) is 0 Å². The Labute approximate surface area is 154 Å². The summed E-state index contributed by atoms with van der Waals surface area (Å²) in [5.74, 6) is 0.812. The molecule has 4 nitrogen and oxygen atoms in total. The molecule has 1 amide bonds. The SMILES string of the molecule is Cc1ccc(C[NH+](C)CC(=O)N[C@H](C)c2cc3ccccc3o2)c(C)c1. The van der Waals surface area contributed by atoms with E-state index in [4.69, 9.17) is 4.42 Å². The number of amides is 1. The number of benzene rings is 2. The van der Waals surface area contributed by atoms with Crippen molar-refractivity contribution in [3.05, 3.63) is 71.0 Å². The molecule has 0 radical (unpaired) electrons. The van der Waals surface area contributed by atoms with E-state index in [0.29, 0.717) is 6.54 Å². The second kappa shape index (κ2) is 7.75. The Morgan fingerprint density at radius 3 is 2.65 bits per heavy atom. The fourth-order valence-electron chi connectivity index (χ4n) is 3.29. The van der Waals surface area contributed by atoms with Gasteiger partial charge < -0.3 is 14.6 Å². The summed E-state index contributed by atoms with van der Waals surface area (Å²) in [7, 11) is 2.05. The van der Waals surface area contributed by atoms with Crippen LogP contribution < -0.4 is 10.2 Å². The van der Waals surface area contributed by atoms with Crippen LogP contribution in [-0.4, -0.2) is 19.5 Å². The molecule has 0 saturated heterocycles. The van der Waals surface area contributed by atoms with E-state index in [0.717, 1.165) is 28.2 Å². The van der Waals surface area contributed by atoms with Crippen molar-refractivity contribution in [1.29, 1.82) is 0 Å². The molecular weight excluding hydrogens is 324 g/mol. The van der Waals surface area contributed by atoms with Crippen molar-refractivity contribution in [2.45, 2.75) is 33.4 Å². The lowest BCUT2D eigenvalue weighted by molar-refractivity contribution is -0.885. The lowest BCUT2D eigenvalue weighted by atomic mass is 10.1. The molecule has 4 heteroatoms. The number of furan rings is 1. The second-order valence-electron chi connectivity index (χ2n) is 7.22. The van der Waals surface area contributed by atoms with Gasteiger partial charge in [0.1, 0.15) is 17.9 Å². The monoisotopic (exact) mass is 351 g/mol. The van der Waals surface area contributed by atoms with E-state index in [2.05, 4.69) is 37.4 Å². The van der Waals surface area contributed by atoms with Gasteiger partial charge in [-0.3, -0.25) is 4.79 Å². The molecular formula is C22H27N2O2+. The number of likely N-dealkylation sites (N-methyl/N-ethyl adjacent to an activating group) is 1. The largest absolute Gasteiger partial charge is 0.459 e. The highest BCUT2D eigenvalue weighted by atomic mass is 16.3. The van der Waals surface area contributed by atoms with Gasteiger partial charge in [0.2, 0.25) is 0 Å². The second-order valence-corrected chi connectivity index (χ2v) is 7.22. The first kappa shape index (κ1) is 18.2. The first-order valence-electron chi connectivity index (χ1n) is 9.07. The highest BCUT2D eigenvalue weighted by molar-refractivity contribution is 5.79. The minimum absolute atomic E-state index is 0.0280. The van der Waals surface area contributed by atoms with Gasteiger partial charge in [0.05, 0.1) is 13.1 Å². The number of carbonyl (C=O) groups is 1. The van der Waals surface area contributed by atoms with E-state index in [-0.39, 0.29) is 11.9 Å². The Morgan fingerprint density at radius 2 is 1.92 bits per heavy atom. The molecule has 2 atom stereocenters. The van der Waals surface area contributed by atoms with E-state index in [1.807, 2.05) is 44.3 Å². The average Bonchev–Trinajstić information content (AvgIpc) is 3.01. The van der Waals surface area contributed by atoms with Crippen LogP contribution in [0.4, 0.5) is 0 Å². The zero-order valence-corrected chi connectivity index (χ0v) is 15.9. The number of para-hydroxylation sites is 1. The van der Waals surface area contributed by atoms with Crippen LogP contribution >= 0.6 is 0 Å². The smallest absolute Gasteiger partial charge is 0.275 e. The minimum atomic E-state index is -0.149. The first-order valence-corrected chi connectivity index (χ1v) is 9.07. The van der Waals surface area contributed by atoms with Gasteiger partial charge in [-0.2, -0.15) is 0 Å². The Balaban J connectivity index is 1.57. The third kappa shape index (κ3) is 4.33. The molecule has 0 aliphatic heterocycles. The van der Waals surface area contributed by atoms with Crippen molar-refractivity contribution in [2.24, 2.45) is 0 Å². The van der Waals surface area contributed by atoms with Gasteiger partial charge in [0.25, 0.3) is 5.91 Å². The molecule has 1 heterocycles. The van der Waals surface area contributed by atoms with Crippen LogP contribution in [0, 0.1) is 13.8 Å². The zero-order chi connectivity index (χ0) is 18.7. The molecule has 136 valence electrons. The Bertz CT molecular complexity index is 880. The lowest BCUT2D eigenvalue weighted by Gasteiger charge is -2.17. The quantitative estimate of drug-likeness (QED) is 0.717. The molecule has 0 aliphatic carbocycles. The van der Waals surface area contributed by atoms with Crippen molar-refractivity contribution in [3.63, 3.8) is 0 Å². The predicted molar refractivity (Wildman–Crippen MR) is 104 cm³/mol. The van der Waals surface area contributed by atoms with Crippen molar-refractivity contribution in [3.8, 4) is 0 Å². The van der Waals surface area contributed by atoms with Gasteiger partial charge in [-0.1, -0.05) is 42.0 Å².